The van der Waals surface area contributed by atoms with E-state index in [4.69, 9.17) is 11.6 Å². The van der Waals surface area contributed by atoms with E-state index in [0.29, 0.717) is 15.5 Å². The molecule has 0 atom stereocenters. The number of fused-ring (bicyclic) bond motifs is 1. The van der Waals surface area contributed by atoms with Crippen molar-refractivity contribution >= 4 is 51.1 Å². The molecule has 0 radical (unpaired) electrons. The molecule has 2 N–H and O–H groups in total. The number of nitrogens with zero attached hydrogens (tertiary/aromatic N) is 3. The summed E-state index contributed by atoms with van der Waals surface area (Å²) >= 11 is 7.08. The molecule has 0 aliphatic carbocycles. The maximum Gasteiger partial charge on any atom is 0.348 e. The van der Waals surface area contributed by atoms with E-state index >= 15 is 0 Å². The van der Waals surface area contributed by atoms with E-state index in [0.717, 1.165) is 33.5 Å². The molecule has 164 valence electrons. The van der Waals surface area contributed by atoms with Gasteiger partial charge in [-0.05, 0) is 56.6 Å². The second kappa shape index (κ2) is 10.7. The first kappa shape index (κ1) is 23.2. The number of hydrogen-bond donors (Lipinski definition) is 2. The van der Waals surface area contributed by atoms with Gasteiger partial charge in [0, 0.05) is 30.1 Å². The summed E-state index contributed by atoms with van der Waals surface area (Å²) in [6, 6.07) is 9.35. The molecule has 0 bridgehead atoms. The molecule has 2 aromatic heterocycles. The standard InChI is InChI=1S/C18H16ClN3O2S.C5H11N/c1-10-8-13(11-4-6-12(19)7-5-11)21-17-14(10)15(20-9-22(2)3)16(25-17)18(23)24;1-2-4-6-5-3-1/h4-9H,1-3H3,(H,23,24);6H,1-5H2. The Balaban J connectivity index is 0.000000391. The SMILES string of the molecule is C1CCNCC1.Cc1cc(-c2ccc(Cl)cc2)nc2sc(C(=O)O)c(N=CN(C)C)c12. The van der Waals surface area contributed by atoms with Crippen LogP contribution in [0, 0.1) is 6.92 Å². The monoisotopic (exact) mass is 458 g/mol. The lowest BCUT2D eigenvalue weighted by Gasteiger charge is -2.08. The lowest BCUT2D eigenvalue weighted by molar-refractivity contribution is 0.0703. The number of carboxylic acid groups (broad SMARTS) is 1. The largest absolute Gasteiger partial charge is 0.477 e. The molecule has 0 saturated carbocycles. The minimum Gasteiger partial charge on any atom is -0.477 e. The van der Waals surface area contributed by atoms with Crippen molar-refractivity contribution in [3.63, 3.8) is 0 Å². The van der Waals surface area contributed by atoms with Crippen LogP contribution in [0.5, 0.6) is 0 Å². The zero-order valence-corrected chi connectivity index (χ0v) is 19.6. The molecule has 1 aromatic carbocycles. The summed E-state index contributed by atoms with van der Waals surface area (Å²) in [5.41, 5.74) is 3.10. The van der Waals surface area contributed by atoms with Gasteiger partial charge in [-0.15, -0.1) is 11.3 Å². The Labute approximate surface area is 191 Å². The zero-order valence-electron chi connectivity index (χ0n) is 18.0. The Morgan fingerprint density at radius 3 is 2.42 bits per heavy atom. The number of aromatic carboxylic acids is 1. The molecule has 1 fully saturated rings. The molecular weight excluding hydrogens is 432 g/mol. The lowest BCUT2D eigenvalue weighted by atomic mass is 10.1. The van der Waals surface area contributed by atoms with Crippen LogP contribution in [0.2, 0.25) is 5.02 Å². The summed E-state index contributed by atoms with van der Waals surface area (Å²) in [6.45, 7) is 4.44. The van der Waals surface area contributed by atoms with Crippen molar-refractivity contribution in [3.05, 3.63) is 45.8 Å². The molecule has 6 nitrogen and oxygen atoms in total. The smallest absolute Gasteiger partial charge is 0.348 e. The lowest BCUT2D eigenvalue weighted by Crippen LogP contribution is -2.21. The zero-order chi connectivity index (χ0) is 22.4. The highest BCUT2D eigenvalue weighted by atomic mass is 35.5. The number of rotatable bonds is 4. The summed E-state index contributed by atoms with van der Waals surface area (Å²) in [5.74, 6) is -0.999. The summed E-state index contributed by atoms with van der Waals surface area (Å²) in [5, 5.41) is 14.2. The molecule has 1 aliphatic rings. The molecular formula is C23H27ClN4O2S. The fraction of sp³-hybridized carbons (Fsp3) is 0.348. The molecule has 8 heteroatoms. The van der Waals surface area contributed by atoms with Gasteiger partial charge in [0.05, 0.1) is 17.7 Å². The Morgan fingerprint density at radius 1 is 1.23 bits per heavy atom. The topological polar surface area (TPSA) is 77.8 Å². The van der Waals surface area contributed by atoms with Crippen LogP contribution in [-0.2, 0) is 0 Å². The fourth-order valence-corrected chi connectivity index (χ4v) is 4.44. The highest BCUT2D eigenvalue weighted by Crippen LogP contribution is 2.40. The van der Waals surface area contributed by atoms with Crippen molar-refractivity contribution in [3.8, 4) is 11.3 Å². The summed E-state index contributed by atoms with van der Waals surface area (Å²) in [7, 11) is 3.67. The molecule has 0 unspecified atom stereocenters. The van der Waals surface area contributed by atoms with Gasteiger partial charge in [-0.2, -0.15) is 0 Å². The number of piperidine rings is 1. The van der Waals surface area contributed by atoms with Crippen molar-refractivity contribution in [2.75, 3.05) is 27.2 Å². The fourth-order valence-electron chi connectivity index (χ4n) is 3.28. The Morgan fingerprint density at radius 2 is 1.90 bits per heavy atom. The van der Waals surface area contributed by atoms with Crippen LogP contribution in [0.15, 0.2) is 35.3 Å². The number of hydrogen-bond acceptors (Lipinski definition) is 5. The van der Waals surface area contributed by atoms with Crippen molar-refractivity contribution in [1.29, 1.82) is 0 Å². The average Bonchev–Trinajstić information content (AvgIpc) is 3.14. The third kappa shape index (κ3) is 6.03. The quantitative estimate of drug-likeness (QED) is 0.392. The van der Waals surface area contributed by atoms with Gasteiger partial charge in [0.1, 0.15) is 9.71 Å². The molecule has 4 rings (SSSR count). The predicted octanol–water partition coefficient (Wildman–Crippen LogP) is 5.60. The molecule has 1 saturated heterocycles. The maximum absolute atomic E-state index is 11.6. The molecule has 3 aromatic rings. The maximum atomic E-state index is 11.6. The van der Waals surface area contributed by atoms with Crippen LogP contribution < -0.4 is 5.32 Å². The predicted molar refractivity (Wildman–Crippen MR) is 130 cm³/mol. The van der Waals surface area contributed by atoms with E-state index < -0.39 is 5.97 Å². The summed E-state index contributed by atoms with van der Waals surface area (Å²) in [4.78, 5) is 23.3. The average molecular weight is 459 g/mol. The number of halogens is 1. The minimum atomic E-state index is -0.999. The van der Waals surface area contributed by atoms with Crippen LogP contribution in [0.4, 0.5) is 5.69 Å². The van der Waals surface area contributed by atoms with Crippen LogP contribution in [-0.4, -0.2) is 54.5 Å². The van der Waals surface area contributed by atoms with Crippen molar-refractivity contribution in [2.24, 2.45) is 4.99 Å². The second-order valence-electron chi connectivity index (χ2n) is 7.62. The van der Waals surface area contributed by atoms with Crippen molar-refractivity contribution in [2.45, 2.75) is 26.2 Å². The van der Waals surface area contributed by atoms with Crippen molar-refractivity contribution < 1.29 is 9.90 Å². The number of aromatic nitrogens is 1. The molecule has 0 amide bonds. The van der Waals surface area contributed by atoms with E-state index in [1.807, 2.05) is 51.4 Å². The second-order valence-corrected chi connectivity index (χ2v) is 9.05. The van der Waals surface area contributed by atoms with Gasteiger partial charge < -0.3 is 15.3 Å². The number of aliphatic imine (C=N–C) groups is 1. The van der Waals surface area contributed by atoms with E-state index in [-0.39, 0.29) is 4.88 Å². The number of thiophene rings is 1. The molecule has 0 spiro atoms. The molecule has 1 aliphatic heterocycles. The van der Waals surface area contributed by atoms with Gasteiger partial charge in [-0.25, -0.2) is 14.8 Å². The summed E-state index contributed by atoms with van der Waals surface area (Å²) in [6.07, 6.45) is 5.81. The summed E-state index contributed by atoms with van der Waals surface area (Å²) < 4.78 is 0. The van der Waals surface area contributed by atoms with Crippen LogP contribution in [0.25, 0.3) is 21.5 Å². The minimum absolute atomic E-state index is 0.192. The van der Waals surface area contributed by atoms with Crippen LogP contribution in [0.1, 0.15) is 34.5 Å². The number of carbonyl (C=O) groups is 1. The first-order valence-corrected chi connectivity index (χ1v) is 11.4. The third-order valence-electron chi connectivity index (χ3n) is 4.79. The number of aryl methyl sites for hydroxylation is 1. The van der Waals surface area contributed by atoms with Gasteiger partial charge in [-0.3, -0.25) is 0 Å². The normalized spacial score (nSPS) is 13.8. The van der Waals surface area contributed by atoms with E-state index in [1.54, 1.807) is 11.2 Å². The van der Waals surface area contributed by atoms with Gasteiger partial charge in [0.25, 0.3) is 0 Å². The Kier molecular flexibility index (Phi) is 8.01. The Hall–Kier alpha value is -2.48. The number of benzene rings is 1. The van der Waals surface area contributed by atoms with Gasteiger partial charge >= 0.3 is 5.97 Å². The van der Waals surface area contributed by atoms with Crippen molar-refractivity contribution in [1.82, 2.24) is 15.2 Å². The highest BCUT2D eigenvalue weighted by Gasteiger charge is 2.20. The number of nitrogens with one attached hydrogen (secondary N) is 1. The molecule has 3 heterocycles. The van der Waals surface area contributed by atoms with Gasteiger partial charge in [0.2, 0.25) is 0 Å². The van der Waals surface area contributed by atoms with E-state index in [9.17, 15) is 9.90 Å². The highest BCUT2D eigenvalue weighted by molar-refractivity contribution is 7.21. The third-order valence-corrected chi connectivity index (χ3v) is 6.11. The van der Waals surface area contributed by atoms with Gasteiger partial charge in [0.15, 0.2) is 0 Å². The Bertz CT molecular complexity index is 1060. The first-order valence-electron chi connectivity index (χ1n) is 10.2. The number of carboxylic acids is 1. The van der Waals surface area contributed by atoms with Crippen LogP contribution in [0.3, 0.4) is 0 Å². The van der Waals surface area contributed by atoms with E-state index in [1.165, 1.54) is 32.4 Å². The van der Waals surface area contributed by atoms with Crippen LogP contribution >= 0.6 is 22.9 Å². The van der Waals surface area contributed by atoms with E-state index in [2.05, 4.69) is 15.3 Å². The first-order chi connectivity index (χ1) is 14.9. The van der Waals surface area contributed by atoms with Gasteiger partial charge in [-0.1, -0.05) is 30.2 Å². The molecule has 31 heavy (non-hydrogen) atoms. The number of pyridine rings is 1.